The quantitative estimate of drug-likeness (QED) is 0.719. The molecule has 3 heterocycles. The zero-order valence-corrected chi connectivity index (χ0v) is 15.6. The lowest BCUT2D eigenvalue weighted by Crippen LogP contribution is -2.27. The van der Waals surface area contributed by atoms with Gasteiger partial charge in [-0.1, -0.05) is 0 Å². The van der Waals surface area contributed by atoms with Crippen molar-refractivity contribution in [1.82, 2.24) is 24.9 Å². The van der Waals surface area contributed by atoms with Gasteiger partial charge in [0, 0.05) is 42.1 Å². The lowest BCUT2D eigenvalue weighted by molar-refractivity contribution is 0.762. The second kappa shape index (κ2) is 7.26. The highest BCUT2D eigenvalue weighted by Gasteiger charge is 2.25. The summed E-state index contributed by atoms with van der Waals surface area (Å²) >= 11 is 0. The molecule has 0 bridgehead atoms. The number of rotatable bonds is 6. The van der Waals surface area contributed by atoms with Crippen LogP contribution in [0, 0.1) is 5.92 Å². The molecule has 1 aliphatic carbocycles. The molecule has 3 aromatic rings. The van der Waals surface area contributed by atoms with Gasteiger partial charge in [-0.2, -0.15) is 0 Å². The molecule has 0 atom stereocenters. The minimum atomic E-state index is 0.191. The van der Waals surface area contributed by atoms with E-state index in [0.29, 0.717) is 17.8 Å². The molecule has 0 radical (unpaired) electrons. The zero-order valence-electron chi connectivity index (χ0n) is 15.6. The summed E-state index contributed by atoms with van der Waals surface area (Å²) in [6, 6.07) is 6.01. The van der Waals surface area contributed by atoms with Crippen molar-refractivity contribution in [2.75, 3.05) is 10.6 Å². The Balaban J connectivity index is 1.74. The van der Waals surface area contributed by atoms with E-state index in [4.69, 9.17) is 10.7 Å². The molecular formula is C20H23N7. The van der Waals surface area contributed by atoms with Gasteiger partial charge in [-0.05, 0) is 57.2 Å². The summed E-state index contributed by atoms with van der Waals surface area (Å²) in [5.41, 5.74) is 9.54. The van der Waals surface area contributed by atoms with E-state index < -0.39 is 0 Å². The first-order valence-electron chi connectivity index (χ1n) is 9.26. The summed E-state index contributed by atoms with van der Waals surface area (Å²) in [7, 11) is 0. The predicted octanol–water partition coefficient (Wildman–Crippen LogP) is 3.41. The third-order valence-corrected chi connectivity index (χ3v) is 4.66. The molecule has 27 heavy (non-hydrogen) atoms. The van der Waals surface area contributed by atoms with E-state index in [-0.39, 0.29) is 6.04 Å². The van der Waals surface area contributed by atoms with Crippen LogP contribution in [0.15, 0.2) is 43.0 Å². The SMILES string of the molecule is CC(C)N(c1ccncc1)c1nccc(-c2cnc(N)nc2CC2CC2)n1. The number of nitrogen functional groups attached to an aromatic ring is 1. The number of nitrogens with zero attached hydrogens (tertiary/aromatic N) is 6. The fourth-order valence-corrected chi connectivity index (χ4v) is 3.16. The minimum absolute atomic E-state index is 0.191. The molecule has 1 fully saturated rings. The number of pyridine rings is 1. The van der Waals surface area contributed by atoms with Gasteiger partial charge in [-0.3, -0.25) is 4.98 Å². The normalized spacial score (nSPS) is 13.7. The standard InChI is InChI=1S/C20H23N7/c1-13(2)27(15-5-8-22-9-6-15)20-23-10-7-17(26-20)16-12-24-19(21)25-18(16)11-14-3-4-14/h5-10,12-14H,3-4,11H2,1-2H3,(H2,21,24,25). The number of aromatic nitrogens is 5. The highest BCUT2D eigenvalue weighted by molar-refractivity contribution is 5.65. The van der Waals surface area contributed by atoms with Gasteiger partial charge in [0.25, 0.3) is 0 Å². The highest BCUT2D eigenvalue weighted by Crippen LogP contribution is 2.35. The van der Waals surface area contributed by atoms with Gasteiger partial charge in [0.2, 0.25) is 11.9 Å². The first kappa shape index (κ1) is 17.3. The van der Waals surface area contributed by atoms with Crippen molar-refractivity contribution in [2.24, 2.45) is 5.92 Å². The van der Waals surface area contributed by atoms with Crippen LogP contribution in [0.25, 0.3) is 11.3 Å². The first-order chi connectivity index (χ1) is 13.1. The molecule has 0 aromatic carbocycles. The fraction of sp³-hybridized carbons (Fsp3) is 0.350. The Morgan fingerprint density at radius 3 is 2.56 bits per heavy atom. The van der Waals surface area contributed by atoms with Crippen LogP contribution < -0.4 is 10.6 Å². The van der Waals surface area contributed by atoms with Crippen LogP contribution in [0.5, 0.6) is 0 Å². The minimum Gasteiger partial charge on any atom is -0.368 e. The second-order valence-electron chi connectivity index (χ2n) is 7.15. The van der Waals surface area contributed by atoms with Gasteiger partial charge in [0.1, 0.15) is 0 Å². The maximum absolute atomic E-state index is 5.83. The van der Waals surface area contributed by atoms with E-state index in [1.165, 1.54) is 12.8 Å². The Kier molecular flexibility index (Phi) is 4.66. The molecule has 0 amide bonds. The Morgan fingerprint density at radius 2 is 1.85 bits per heavy atom. The van der Waals surface area contributed by atoms with Gasteiger partial charge in [-0.15, -0.1) is 0 Å². The summed E-state index contributed by atoms with van der Waals surface area (Å²) in [5, 5.41) is 0. The summed E-state index contributed by atoms with van der Waals surface area (Å²) in [6.07, 6.45) is 10.5. The van der Waals surface area contributed by atoms with Crippen molar-refractivity contribution in [2.45, 2.75) is 39.2 Å². The Bertz CT molecular complexity index is 923. The number of hydrogen-bond acceptors (Lipinski definition) is 7. The molecule has 0 unspecified atom stereocenters. The van der Waals surface area contributed by atoms with E-state index in [2.05, 4.69) is 38.7 Å². The zero-order chi connectivity index (χ0) is 18.8. The summed E-state index contributed by atoms with van der Waals surface area (Å²) in [4.78, 5) is 24.2. The molecule has 138 valence electrons. The van der Waals surface area contributed by atoms with E-state index in [1.54, 1.807) is 24.8 Å². The van der Waals surface area contributed by atoms with Crippen molar-refractivity contribution in [3.8, 4) is 11.3 Å². The van der Waals surface area contributed by atoms with Gasteiger partial charge in [0.15, 0.2) is 0 Å². The summed E-state index contributed by atoms with van der Waals surface area (Å²) in [6.45, 7) is 4.22. The highest BCUT2D eigenvalue weighted by atomic mass is 15.3. The van der Waals surface area contributed by atoms with Gasteiger partial charge in [-0.25, -0.2) is 19.9 Å². The van der Waals surface area contributed by atoms with E-state index >= 15 is 0 Å². The molecule has 4 rings (SSSR count). The van der Waals surface area contributed by atoms with Crippen LogP contribution in [0.3, 0.4) is 0 Å². The molecule has 7 nitrogen and oxygen atoms in total. The van der Waals surface area contributed by atoms with Crippen LogP contribution in [-0.4, -0.2) is 31.0 Å². The Morgan fingerprint density at radius 1 is 1.07 bits per heavy atom. The topological polar surface area (TPSA) is 93.7 Å². The van der Waals surface area contributed by atoms with E-state index in [0.717, 1.165) is 29.1 Å². The third-order valence-electron chi connectivity index (χ3n) is 4.66. The van der Waals surface area contributed by atoms with Crippen LogP contribution in [0.4, 0.5) is 17.6 Å². The van der Waals surface area contributed by atoms with E-state index in [9.17, 15) is 0 Å². The van der Waals surface area contributed by atoms with Crippen molar-refractivity contribution < 1.29 is 0 Å². The molecular weight excluding hydrogens is 338 g/mol. The predicted molar refractivity (Wildman–Crippen MR) is 105 cm³/mol. The second-order valence-corrected chi connectivity index (χ2v) is 7.15. The van der Waals surface area contributed by atoms with Crippen LogP contribution >= 0.6 is 0 Å². The molecule has 1 saturated carbocycles. The lowest BCUT2D eigenvalue weighted by Gasteiger charge is -2.27. The van der Waals surface area contributed by atoms with E-state index in [1.807, 2.05) is 18.2 Å². The fourth-order valence-electron chi connectivity index (χ4n) is 3.16. The summed E-state index contributed by atoms with van der Waals surface area (Å²) in [5.74, 6) is 1.65. The maximum atomic E-state index is 5.83. The molecule has 2 N–H and O–H groups in total. The molecule has 3 aromatic heterocycles. The largest absolute Gasteiger partial charge is 0.368 e. The molecule has 0 saturated heterocycles. The van der Waals surface area contributed by atoms with Gasteiger partial charge < -0.3 is 10.6 Å². The molecule has 1 aliphatic rings. The van der Waals surface area contributed by atoms with Crippen LogP contribution in [0.1, 0.15) is 32.4 Å². The molecule has 0 spiro atoms. The number of nitrogens with two attached hydrogens (primary N) is 1. The van der Waals surface area contributed by atoms with Crippen molar-refractivity contribution in [3.05, 3.63) is 48.7 Å². The Hall–Kier alpha value is -3.09. The van der Waals surface area contributed by atoms with Gasteiger partial charge >= 0.3 is 0 Å². The Labute approximate surface area is 158 Å². The van der Waals surface area contributed by atoms with Crippen LogP contribution in [0.2, 0.25) is 0 Å². The molecule has 0 aliphatic heterocycles. The number of hydrogen-bond donors (Lipinski definition) is 1. The lowest BCUT2D eigenvalue weighted by atomic mass is 10.1. The maximum Gasteiger partial charge on any atom is 0.230 e. The third kappa shape index (κ3) is 3.86. The first-order valence-corrected chi connectivity index (χ1v) is 9.26. The summed E-state index contributed by atoms with van der Waals surface area (Å²) < 4.78 is 0. The van der Waals surface area contributed by atoms with Crippen molar-refractivity contribution in [1.29, 1.82) is 0 Å². The smallest absolute Gasteiger partial charge is 0.230 e. The average Bonchev–Trinajstić information content (AvgIpc) is 3.47. The van der Waals surface area contributed by atoms with Crippen molar-refractivity contribution in [3.63, 3.8) is 0 Å². The van der Waals surface area contributed by atoms with Crippen molar-refractivity contribution >= 4 is 17.6 Å². The number of anilines is 3. The monoisotopic (exact) mass is 361 g/mol. The average molecular weight is 361 g/mol. The molecule has 7 heteroatoms. The van der Waals surface area contributed by atoms with Gasteiger partial charge in [0.05, 0.1) is 11.4 Å². The van der Waals surface area contributed by atoms with Crippen LogP contribution in [-0.2, 0) is 6.42 Å².